The molecule has 1 heterocycles. The van der Waals surface area contributed by atoms with Crippen LogP contribution in [-0.4, -0.2) is 44.9 Å². The van der Waals surface area contributed by atoms with Gasteiger partial charge in [-0.1, -0.05) is 30.3 Å². The summed E-state index contributed by atoms with van der Waals surface area (Å²) in [5.41, 5.74) is 1.07. The van der Waals surface area contributed by atoms with Crippen LogP contribution in [0.2, 0.25) is 0 Å². The third-order valence-corrected chi connectivity index (χ3v) is 3.49. The Morgan fingerprint density at radius 1 is 1.42 bits per heavy atom. The summed E-state index contributed by atoms with van der Waals surface area (Å²) in [5, 5.41) is 22.1. The number of thiocarbonyl (C=S) groups is 1. The zero-order valence-electron chi connectivity index (χ0n) is 10.3. The maximum absolute atomic E-state index is 11.1. The molecule has 0 spiro atoms. The third kappa shape index (κ3) is 3.42. The molecule has 6 heteroatoms. The highest BCUT2D eigenvalue weighted by molar-refractivity contribution is 7.80. The second-order valence-electron chi connectivity index (χ2n) is 4.54. The van der Waals surface area contributed by atoms with Crippen molar-refractivity contribution in [3.8, 4) is 0 Å². The number of nitrogens with one attached hydrogen (secondary N) is 1. The van der Waals surface area contributed by atoms with Gasteiger partial charge in [-0.05, 0) is 17.8 Å². The van der Waals surface area contributed by atoms with Gasteiger partial charge in [-0.3, -0.25) is 0 Å². The summed E-state index contributed by atoms with van der Waals surface area (Å²) in [4.78, 5) is 12.6. The highest BCUT2D eigenvalue weighted by Gasteiger charge is 2.37. The molecule has 5 nitrogen and oxygen atoms in total. The predicted octanol–water partition coefficient (Wildman–Crippen LogP) is 0.581. The van der Waals surface area contributed by atoms with Gasteiger partial charge in [-0.2, -0.15) is 0 Å². The van der Waals surface area contributed by atoms with E-state index in [4.69, 9.17) is 17.3 Å². The lowest BCUT2D eigenvalue weighted by Crippen LogP contribution is -2.45. The first-order valence-electron chi connectivity index (χ1n) is 6.07. The largest absolute Gasteiger partial charge is 0.480 e. The van der Waals surface area contributed by atoms with Crippen molar-refractivity contribution < 1.29 is 15.0 Å². The Balaban J connectivity index is 1.94. The van der Waals surface area contributed by atoms with Gasteiger partial charge in [0.1, 0.15) is 6.04 Å². The monoisotopic (exact) mass is 280 g/mol. The molecule has 1 aliphatic rings. The minimum Gasteiger partial charge on any atom is -0.480 e. The number of benzene rings is 1. The van der Waals surface area contributed by atoms with Crippen LogP contribution in [0.1, 0.15) is 12.0 Å². The quantitative estimate of drug-likeness (QED) is 0.704. The average molecular weight is 280 g/mol. The molecule has 0 unspecified atom stereocenters. The van der Waals surface area contributed by atoms with Crippen molar-refractivity contribution in [3.63, 3.8) is 0 Å². The van der Waals surface area contributed by atoms with Crippen molar-refractivity contribution in [2.75, 3.05) is 6.54 Å². The van der Waals surface area contributed by atoms with E-state index in [9.17, 15) is 9.90 Å². The summed E-state index contributed by atoms with van der Waals surface area (Å²) in [6.45, 7) is 0.802. The Hall–Kier alpha value is -1.66. The van der Waals surface area contributed by atoms with Gasteiger partial charge in [0.15, 0.2) is 5.11 Å². The summed E-state index contributed by atoms with van der Waals surface area (Å²) in [6, 6.07) is 8.97. The highest BCUT2D eigenvalue weighted by Crippen LogP contribution is 2.18. The van der Waals surface area contributed by atoms with Crippen molar-refractivity contribution in [2.24, 2.45) is 0 Å². The maximum atomic E-state index is 11.1. The SMILES string of the molecule is O=C(O)[C@H]1C[C@@H](O)CN1C(=S)NCc1ccccc1. The second-order valence-corrected chi connectivity index (χ2v) is 4.93. The number of aliphatic hydroxyl groups is 1. The summed E-state index contributed by atoms with van der Waals surface area (Å²) in [7, 11) is 0. The standard InChI is InChI=1S/C13H16N2O3S/c16-10-6-11(12(17)18)15(8-10)13(19)14-7-9-4-2-1-3-5-9/h1-5,10-11,16H,6-8H2,(H,14,19)(H,17,18)/t10-,11-/m1/s1. The molecule has 1 saturated heterocycles. The Bertz CT molecular complexity index is 466. The molecule has 3 N–H and O–H groups in total. The van der Waals surface area contributed by atoms with Crippen LogP contribution in [-0.2, 0) is 11.3 Å². The van der Waals surface area contributed by atoms with Crippen molar-refractivity contribution in [1.82, 2.24) is 10.2 Å². The molecule has 0 aliphatic carbocycles. The Morgan fingerprint density at radius 2 is 2.11 bits per heavy atom. The summed E-state index contributed by atoms with van der Waals surface area (Å²) >= 11 is 5.20. The number of likely N-dealkylation sites (tertiary alicyclic amines) is 1. The van der Waals surface area contributed by atoms with Crippen LogP contribution in [0.3, 0.4) is 0 Å². The van der Waals surface area contributed by atoms with Crippen molar-refractivity contribution >= 4 is 23.3 Å². The molecule has 1 aromatic rings. The molecule has 0 aromatic heterocycles. The van der Waals surface area contributed by atoms with Crippen molar-refractivity contribution in [3.05, 3.63) is 35.9 Å². The summed E-state index contributed by atoms with van der Waals surface area (Å²) in [5.74, 6) is -0.958. The molecule has 2 rings (SSSR count). The lowest BCUT2D eigenvalue weighted by Gasteiger charge is -2.24. The number of aliphatic hydroxyl groups excluding tert-OH is 1. The van der Waals surface area contributed by atoms with Crippen LogP contribution in [0.5, 0.6) is 0 Å². The first-order valence-corrected chi connectivity index (χ1v) is 6.48. The van der Waals surface area contributed by atoms with Gasteiger partial charge < -0.3 is 20.4 Å². The second kappa shape index (κ2) is 5.99. The molecule has 2 atom stereocenters. The fourth-order valence-corrected chi connectivity index (χ4v) is 2.42. The minimum absolute atomic E-state index is 0.211. The van der Waals surface area contributed by atoms with Gasteiger partial charge in [0.25, 0.3) is 0 Å². The maximum Gasteiger partial charge on any atom is 0.326 e. The molecular formula is C13H16N2O3S. The minimum atomic E-state index is -0.958. The van der Waals surface area contributed by atoms with Gasteiger partial charge in [-0.25, -0.2) is 4.79 Å². The normalized spacial score (nSPS) is 22.3. The number of β-amino-alcohol motifs (C(OH)–C–C–N with tert-alkyl or cyclic N) is 1. The molecular weight excluding hydrogens is 264 g/mol. The fraction of sp³-hybridized carbons (Fsp3) is 0.385. The smallest absolute Gasteiger partial charge is 0.326 e. The Morgan fingerprint density at radius 3 is 2.74 bits per heavy atom. The molecule has 1 fully saturated rings. The van der Waals surface area contributed by atoms with Crippen LogP contribution in [0.4, 0.5) is 0 Å². The molecule has 19 heavy (non-hydrogen) atoms. The number of nitrogens with zero attached hydrogens (tertiary/aromatic N) is 1. The van der Waals surface area contributed by atoms with E-state index in [1.165, 1.54) is 4.90 Å². The van der Waals surface area contributed by atoms with Crippen molar-refractivity contribution in [2.45, 2.75) is 25.1 Å². The lowest BCUT2D eigenvalue weighted by atomic mass is 10.2. The number of carboxylic acids is 1. The van der Waals surface area contributed by atoms with E-state index < -0.39 is 18.1 Å². The van der Waals surface area contributed by atoms with Gasteiger partial charge >= 0.3 is 5.97 Å². The van der Waals surface area contributed by atoms with E-state index in [2.05, 4.69) is 5.32 Å². The molecule has 0 bridgehead atoms. The first-order chi connectivity index (χ1) is 9.08. The van der Waals surface area contributed by atoms with E-state index in [-0.39, 0.29) is 13.0 Å². The zero-order chi connectivity index (χ0) is 13.8. The number of aliphatic carboxylic acids is 1. The Kier molecular flexibility index (Phi) is 4.34. The topological polar surface area (TPSA) is 72.8 Å². The molecule has 102 valence electrons. The van der Waals surface area contributed by atoms with E-state index in [1.54, 1.807) is 0 Å². The third-order valence-electron chi connectivity index (χ3n) is 3.11. The number of carboxylic acid groups (broad SMARTS) is 1. The van der Waals surface area contributed by atoms with Gasteiger partial charge in [0, 0.05) is 19.5 Å². The lowest BCUT2D eigenvalue weighted by molar-refractivity contribution is -0.141. The highest BCUT2D eigenvalue weighted by atomic mass is 32.1. The van der Waals surface area contributed by atoms with Crippen LogP contribution in [0.25, 0.3) is 0 Å². The number of rotatable bonds is 3. The van der Waals surface area contributed by atoms with Gasteiger partial charge in [-0.15, -0.1) is 0 Å². The van der Waals surface area contributed by atoms with Crippen molar-refractivity contribution in [1.29, 1.82) is 0 Å². The Labute approximate surface area is 116 Å². The fourth-order valence-electron chi connectivity index (χ4n) is 2.15. The molecule has 0 saturated carbocycles. The van der Waals surface area contributed by atoms with Crippen LogP contribution in [0.15, 0.2) is 30.3 Å². The number of hydrogen-bond acceptors (Lipinski definition) is 3. The van der Waals surface area contributed by atoms with E-state index in [0.29, 0.717) is 11.7 Å². The average Bonchev–Trinajstić information content (AvgIpc) is 2.79. The molecule has 0 radical (unpaired) electrons. The molecule has 1 aliphatic heterocycles. The summed E-state index contributed by atoms with van der Waals surface area (Å²) < 4.78 is 0. The van der Waals surface area contributed by atoms with Crippen LogP contribution >= 0.6 is 12.2 Å². The van der Waals surface area contributed by atoms with Crippen LogP contribution in [0, 0.1) is 0 Å². The van der Waals surface area contributed by atoms with Crippen LogP contribution < -0.4 is 5.32 Å². The summed E-state index contributed by atoms with van der Waals surface area (Å²) in [6.07, 6.45) is -0.430. The van der Waals surface area contributed by atoms with E-state index in [1.807, 2.05) is 30.3 Å². The van der Waals surface area contributed by atoms with E-state index in [0.717, 1.165) is 5.56 Å². The van der Waals surface area contributed by atoms with Gasteiger partial charge in [0.2, 0.25) is 0 Å². The van der Waals surface area contributed by atoms with Gasteiger partial charge in [0.05, 0.1) is 6.10 Å². The first kappa shape index (κ1) is 13.8. The molecule has 1 aromatic carbocycles. The molecule has 0 amide bonds. The number of carbonyl (C=O) groups is 1. The van der Waals surface area contributed by atoms with E-state index >= 15 is 0 Å². The number of hydrogen-bond donors (Lipinski definition) is 3. The zero-order valence-corrected chi connectivity index (χ0v) is 11.1. The predicted molar refractivity (Wildman–Crippen MR) is 74.6 cm³/mol.